The van der Waals surface area contributed by atoms with E-state index in [1.807, 2.05) is 35.7 Å². The van der Waals surface area contributed by atoms with E-state index in [-0.39, 0.29) is 27.9 Å². The Kier molecular flexibility index (Phi) is 10.2. The summed E-state index contributed by atoms with van der Waals surface area (Å²) in [4.78, 5) is 44.0. The number of nitrogens with zero attached hydrogens (tertiary/aromatic N) is 1. The number of rotatable bonds is 10. The summed E-state index contributed by atoms with van der Waals surface area (Å²) in [6.07, 6.45) is 1.19. The second-order valence-corrected chi connectivity index (χ2v) is 11.6. The SMILES string of the molecule is O=C(CSc1cccc(NC(=O)/C(=C\c2c(F)cccc2Cl)NC(=O)c2ccccc2)c1)Nc1nc(-c2ccccc2)cs1. The minimum absolute atomic E-state index is 0.0425. The molecule has 0 aliphatic carbocycles. The molecule has 0 radical (unpaired) electrons. The van der Waals surface area contributed by atoms with E-state index in [1.165, 1.54) is 47.4 Å². The molecule has 4 aromatic carbocycles. The zero-order valence-electron chi connectivity index (χ0n) is 22.9. The van der Waals surface area contributed by atoms with Gasteiger partial charge in [0.1, 0.15) is 11.5 Å². The highest BCUT2D eigenvalue weighted by atomic mass is 35.5. The quantitative estimate of drug-likeness (QED) is 0.107. The molecular formula is C33H24ClFN4O3S2. The van der Waals surface area contributed by atoms with Crippen molar-refractivity contribution in [2.24, 2.45) is 0 Å². The zero-order valence-corrected chi connectivity index (χ0v) is 25.3. The van der Waals surface area contributed by atoms with Gasteiger partial charge in [-0.15, -0.1) is 23.1 Å². The van der Waals surface area contributed by atoms with Gasteiger partial charge >= 0.3 is 0 Å². The summed E-state index contributed by atoms with van der Waals surface area (Å²) in [5.74, 6) is -2.00. The van der Waals surface area contributed by atoms with Crippen LogP contribution in [-0.4, -0.2) is 28.5 Å². The van der Waals surface area contributed by atoms with Crippen molar-refractivity contribution in [3.63, 3.8) is 0 Å². The maximum Gasteiger partial charge on any atom is 0.272 e. The number of thioether (sulfide) groups is 1. The van der Waals surface area contributed by atoms with E-state index >= 15 is 0 Å². The highest BCUT2D eigenvalue weighted by molar-refractivity contribution is 8.00. The molecule has 220 valence electrons. The van der Waals surface area contributed by atoms with Gasteiger partial charge in [0.25, 0.3) is 11.8 Å². The third-order valence-electron chi connectivity index (χ3n) is 6.10. The molecule has 0 bridgehead atoms. The first-order chi connectivity index (χ1) is 21.4. The van der Waals surface area contributed by atoms with E-state index in [0.717, 1.165) is 16.2 Å². The summed E-state index contributed by atoms with van der Waals surface area (Å²) < 4.78 is 14.6. The number of nitrogens with one attached hydrogen (secondary N) is 3. The number of hydrogen-bond acceptors (Lipinski definition) is 6. The first kappa shape index (κ1) is 30.7. The molecule has 3 N–H and O–H groups in total. The number of thiazole rings is 1. The van der Waals surface area contributed by atoms with Gasteiger partial charge in [-0.25, -0.2) is 9.37 Å². The van der Waals surface area contributed by atoms with Crippen LogP contribution in [0.25, 0.3) is 17.3 Å². The molecule has 1 aromatic heterocycles. The summed E-state index contributed by atoms with van der Waals surface area (Å²) in [6.45, 7) is 0. The Balaban J connectivity index is 1.25. The Hall–Kier alpha value is -4.77. The number of carbonyl (C=O) groups excluding carboxylic acids is 3. The third kappa shape index (κ3) is 8.19. The summed E-state index contributed by atoms with van der Waals surface area (Å²) >= 11 is 8.81. The summed E-state index contributed by atoms with van der Waals surface area (Å²) in [5.41, 5.74) is 2.23. The molecule has 7 nitrogen and oxygen atoms in total. The van der Waals surface area contributed by atoms with Crippen molar-refractivity contribution >= 4 is 69.3 Å². The van der Waals surface area contributed by atoms with Crippen LogP contribution in [0.5, 0.6) is 0 Å². The van der Waals surface area contributed by atoms with Crippen LogP contribution in [0.4, 0.5) is 15.2 Å². The van der Waals surface area contributed by atoms with E-state index in [9.17, 15) is 18.8 Å². The predicted octanol–water partition coefficient (Wildman–Crippen LogP) is 7.74. The van der Waals surface area contributed by atoms with Gasteiger partial charge in [-0.05, 0) is 48.5 Å². The normalized spacial score (nSPS) is 11.1. The van der Waals surface area contributed by atoms with Gasteiger partial charge in [0, 0.05) is 32.7 Å². The molecular weight excluding hydrogens is 619 g/mol. The number of hydrogen-bond donors (Lipinski definition) is 3. The van der Waals surface area contributed by atoms with Crippen molar-refractivity contribution in [1.82, 2.24) is 10.3 Å². The van der Waals surface area contributed by atoms with E-state index < -0.39 is 17.6 Å². The minimum atomic E-state index is -0.688. The maximum atomic E-state index is 14.6. The highest BCUT2D eigenvalue weighted by Crippen LogP contribution is 2.27. The fourth-order valence-electron chi connectivity index (χ4n) is 3.97. The largest absolute Gasteiger partial charge is 0.321 e. The van der Waals surface area contributed by atoms with E-state index in [2.05, 4.69) is 20.9 Å². The van der Waals surface area contributed by atoms with E-state index in [1.54, 1.807) is 54.6 Å². The smallest absolute Gasteiger partial charge is 0.272 e. The predicted molar refractivity (Wildman–Crippen MR) is 175 cm³/mol. The Morgan fingerprint density at radius 1 is 0.886 bits per heavy atom. The molecule has 0 saturated heterocycles. The standard InChI is InChI=1S/C33H24ClFN4O3S2/c34-26-15-8-16-27(35)25(26)18-28(37-31(41)22-11-5-2-6-12-22)32(42)36-23-13-7-14-24(17-23)43-20-30(40)39-33-38-29(19-44-33)21-9-3-1-4-10-21/h1-19H,20H2,(H,36,42)(H,37,41)(H,38,39,40)/b28-18+. The van der Waals surface area contributed by atoms with Gasteiger partial charge in [0.2, 0.25) is 5.91 Å². The van der Waals surface area contributed by atoms with E-state index in [0.29, 0.717) is 16.4 Å². The van der Waals surface area contributed by atoms with Crippen LogP contribution in [0, 0.1) is 5.82 Å². The van der Waals surface area contributed by atoms with Crippen LogP contribution >= 0.6 is 34.7 Å². The number of aromatic nitrogens is 1. The third-order valence-corrected chi connectivity index (χ3v) is 8.18. The van der Waals surface area contributed by atoms with Crippen molar-refractivity contribution < 1.29 is 18.8 Å². The number of halogens is 2. The Morgan fingerprint density at radius 2 is 1.61 bits per heavy atom. The first-order valence-corrected chi connectivity index (χ1v) is 15.5. The van der Waals surface area contributed by atoms with Crippen molar-refractivity contribution in [1.29, 1.82) is 0 Å². The lowest BCUT2D eigenvalue weighted by atomic mass is 10.1. The number of amides is 3. The van der Waals surface area contributed by atoms with Crippen molar-refractivity contribution in [3.05, 3.63) is 136 Å². The average molecular weight is 643 g/mol. The molecule has 3 amide bonds. The molecule has 0 aliphatic heterocycles. The molecule has 0 atom stereocenters. The topological polar surface area (TPSA) is 100 Å². The molecule has 0 unspecified atom stereocenters. The fourth-order valence-corrected chi connectivity index (χ4v) is 5.68. The van der Waals surface area contributed by atoms with Gasteiger partial charge in [0.05, 0.1) is 16.5 Å². The molecule has 1 heterocycles. The van der Waals surface area contributed by atoms with E-state index in [4.69, 9.17) is 11.6 Å². The second-order valence-electron chi connectivity index (χ2n) is 9.24. The second kappa shape index (κ2) is 14.6. The van der Waals surface area contributed by atoms with Gasteiger partial charge in [-0.2, -0.15) is 0 Å². The Labute approximate surface area is 266 Å². The number of anilines is 2. The van der Waals surface area contributed by atoms with Crippen LogP contribution in [0.2, 0.25) is 5.02 Å². The van der Waals surface area contributed by atoms with Crippen LogP contribution in [0.3, 0.4) is 0 Å². The first-order valence-electron chi connectivity index (χ1n) is 13.2. The molecule has 0 fully saturated rings. The van der Waals surface area contributed by atoms with Gasteiger partial charge < -0.3 is 16.0 Å². The van der Waals surface area contributed by atoms with Crippen molar-refractivity contribution in [3.8, 4) is 11.3 Å². The lowest BCUT2D eigenvalue weighted by molar-refractivity contribution is -0.114. The zero-order chi connectivity index (χ0) is 30.9. The highest BCUT2D eigenvalue weighted by Gasteiger charge is 2.17. The monoisotopic (exact) mass is 642 g/mol. The summed E-state index contributed by atoms with van der Waals surface area (Å²) in [7, 11) is 0. The lowest BCUT2D eigenvalue weighted by Gasteiger charge is -2.13. The fraction of sp³-hybridized carbons (Fsp3) is 0.0303. The van der Waals surface area contributed by atoms with Crippen LogP contribution in [0.1, 0.15) is 15.9 Å². The van der Waals surface area contributed by atoms with Gasteiger partial charge in [-0.3, -0.25) is 14.4 Å². The maximum absolute atomic E-state index is 14.6. The summed E-state index contributed by atoms with van der Waals surface area (Å²) in [5, 5.41) is 10.6. The molecule has 5 rings (SSSR count). The molecule has 0 spiro atoms. The molecule has 11 heteroatoms. The summed E-state index contributed by atoms with van der Waals surface area (Å²) in [6, 6.07) is 29.0. The van der Waals surface area contributed by atoms with Crippen molar-refractivity contribution in [2.75, 3.05) is 16.4 Å². The van der Waals surface area contributed by atoms with Gasteiger partial charge in [0.15, 0.2) is 5.13 Å². The molecule has 44 heavy (non-hydrogen) atoms. The van der Waals surface area contributed by atoms with Gasteiger partial charge in [-0.1, -0.05) is 72.3 Å². The van der Waals surface area contributed by atoms with Crippen LogP contribution < -0.4 is 16.0 Å². The number of carbonyl (C=O) groups is 3. The van der Waals surface area contributed by atoms with Crippen molar-refractivity contribution in [2.45, 2.75) is 4.90 Å². The molecule has 5 aromatic rings. The Bertz CT molecular complexity index is 1810. The number of benzene rings is 4. The minimum Gasteiger partial charge on any atom is -0.321 e. The lowest BCUT2D eigenvalue weighted by Crippen LogP contribution is -2.30. The average Bonchev–Trinajstić information content (AvgIpc) is 3.50. The molecule has 0 saturated carbocycles. The Morgan fingerprint density at radius 3 is 2.36 bits per heavy atom. The van der Waals surface area contributed by atoms with Crippen LogP contribution in [-0.2, 0) is 9.59 Å². The van der Waals surface area contributed by atoms with Crippen LogP contribution in [0.15, 0.2) is 119 Å². The molecule has 0 aliphatic rings.